The quantitative estimate of drug-likeness (QED) is 0.737. The standard InChI is InChI=1S/C19H23N3O5/c1-26-15-6-5-12(8-16(15)27-2)17(23)13-4-3-7-22(10-13)11-14-9-20-19(25)21-18(14)24/h5-6,8-9,13H,3-4,7,10-11H2,1-2H3,(H2,20,21,24,25)/t13-/m0/s1. The first-order valence-corrected chi connectivity index (χ1v) is 8.81. The number of piperidine rings is 1. The normalized spacial score (nSPS) is 17.5. The lowest BCUT2D eigenvalue weighted by atomic mass is 9.89. The number of nitrogens with one attached hydrogen (secondary N) is 2. The van der Waals surface area contributed by atoms with Crippen molar-refractivity contribution in [3.63, 3.8) is 0 Å². The van der Waals surface area contributed by atoms with Gasteiger partial charge in [-0.15, -0.1) is 0 Å². The summed E-state index contributed by atoms with van der Waals surface area (Å²) in [5, 5.41) is 0. The molecule has 3 rings (SSSR count). The van der Waals surface area contributed by atoms with E-state index in [-0.39, 0.29) is 11.7 Å². The van der Waals surface area contributed by atoms with Gasteiger partial charge in [0.25, 0.3) is 5.56 Å². The molecular formula is C19H23N3O5. The molecular weight excluding hydrogens is 350 g/mol. The first-order chi connectivity index (χ1) is 13.0. The van der Waals surface area contributed by atoms with Gasteiger partial charge in [-0.3, -0.25) is 19.5 Å². The van der Waals surface area contributed by atoms with Crippen molar-refractivity contribution >= 4 is 5.78 Å². The predicted molar refractivity (Wildman–Crippen MR) is 99.6 cm³/mol. The molecule has 8 heteroatoms. The van der Waals surface area contributed by atoms with Gasteiger partial charge in [-0.2, -0.15) is 0 Å². The lowest BCUT2D eigenvalue weighted by Gasteiger charge is -2.31. The van der Waals surface area contributed by atoms with Gasteiger partial charge in [-0.25, -0.2) is 4.79 Å². The zero-order valence-corrected chi connectivity index (χ0v) is 15.4. The van der Waals surface area contributed by atoms with Crippen molar-refractivity contribution in [1.82, 2.24) is 14.9 Å². The highest BCUT2D eigenvalue weighted by Crippen LogP contribution is 2.30. The average molecular weight is 373 g/mol. The number of ether oxygens (including phenoxy) is 2. The fourth-order valence-corrected chi connectivity index (χ4v) is 3.43. The number of hydrogen-bond donors (Lipinski definition) is 2. The number of carbonyl (C=O) groups is 1. The summed E-state index contributed by atoms with van der Waals surface area (Å²) in [7, 11) is 3.09. The number of hydrogen-bond acceptors (Lipinski definition) is 6. The first kappa shape index (κ1) is 18.9. The number of benzene rings is 1. The zero-order chi connectivity index (χ0) is 19.4. The highest BCUT2D eigenvalue weighted by atomic mass is 16.5. The van der Waals surface area contributed by atoms with Crippen LogP contribution in [0.1, 0.15) is 28.8 Å². The Bertz CT molecular complexity index is 933. The van der Waals surface area contributed by atoms with Crippen LogP contribution in [-0.2, 0) is 6.54 Å². The smallest absolute Gasteiger partial charge is 0.325 e. The number of aromatic amines is 2. The van der Waals surface area contributed by atoms with Gasteiger partial charge in [0.15, 0.2) is 17.3 Å². The highest BCUT2D eigenvalue weighted by Gasteiger charge is 2.27. The summed E-state index contributed by atoms with van der Waals surface area (Å²) >= 11 is 0. The molecule has 0 radical (unpaired) electrons. The Morgan fingerprint density at radius 3 is 2.70 bits per heavy atom. The Morgan fingerprint density at radius 1 is 1.22 bits per heavy atom. The molecule has 27 heavy (non-hydrogen) atoms. The second-order valence-corrected chi connectivity index (χ2v) is 6.61. The number of carbonyl (C=O) groups excluding carboxylic acids is 1. The SMILES string of the molecule is COc1ccc(C(=O)[C@H]2CCCN(Cc3c[nH]c(=O)[nH]c3=O)C2)cc1OC. The summed E-state index contributed by atoms with van der Waals surface area (Å²) in [6.07, 6.45) is 3.09. The molecule has 1 aliphatic heterocycles. The minimum Gasteiger partial charge on any atom is -0.493 e. The van der Waals surface area contributed by atoms with Gasteiger partial charge in [0.05, 0.1) is 14.2 Å². The summed E-state index contributed by atoms with van der Waals surface area (Å²) < 4.78 is 10.5. The average Bonchev–Trinajstić information content (AvgIpc) is 2.69. The summed E-state index contributed by atoms with van der Waals surface area (Å²) in [5.41, 5.74) is 0.145. The third-order valence-corrected chi connectivity index (χ3v) is 4.83. The van der Waals surface area contributed by atoms with E-state index in [1.54, 1.807) is 25.3 Å². The minimum absolute atomic E-state index is 0.0519. The van der Waals surface area contributed by atoms with Crippen molar-refractivity contribution in [3.05, 3.63) is 56.4 Å². The molecule has 0 bridgehead atoms. The summed E-state index contributed by atoms with van der Waals surface area (Å²) in [4.78, 5) is 42.7. The van der Waals surface area contributed by atoms with Gasteiger partial charge in [-0.1, -0.05) is 0 Å². The number of nitrogens with zero attached hydrogens (tertiary/aromatic N) is 1. The Kier molecular flexibility index (Phi) is 5.75. The van der Waals surface area contributed by atoms with E-state index in [0.29, 0.717) is 35.7 Å². The molecule has 1 aromatic heterocycles. The Hall–Kier alpha value is -2.87. The molecule has 2 aromatic rings. The van der Waals surface area contributed by atoms with Crippen LogP contribution in [0.15, 0.2) is 34.0 Å². The summed E-state index contributed by atoms with van der Waals surface area (Å²) in [6.45, 7) is 1.75. The fraction of sp³-hybridized carbons (Fsp3) is 0.421. The van der Waals surface area contributed by atoms with Crippen LogP contribution < -0.4 is 20.7 Å². The molecule has 0 aliphatic carbocycles. The molecule has 2 heterocycles. The van der Waals surface area contributed by atoms with Crippen LogP contribution in [0.4, 0.5) is 0 Å². The van der Waals surface area contributed by atoms with Crippen molar-refractivity contribution in [3.8, 4) is 11.5 Å². The van der Waals surface area contributed by atoms with E-state index in [9.17, 15) is 14.4 Å². The molecule has 1 fully saturated rings. The van der Waals surface area contributed by atoms with Crippen LogP contribution in [0.5, 0.6) is 11.5 Å². The molecule has 0 amide bonds. The maximum absolute atomic E-state index is 12.9. The third-order valence-electron chi connectivity index (χ3n) is 4.83. The van der Waals surface area contributed by atoms with E-state index in [4.69, 9.17) is 9.47 Å². The van der Waals surface area contributed by atoms with Crippen molar-refractivity contribution < 1.29 is 14.3 Å². The number of likely N-dealkylation sites (tertiary alicyclic amines) is 1. The van der Waals surface area contributed by atoms with E-state index >= 15 is 0 Å². The van der Waals surface area contributed by atoms with E-state index in [1.807, 2.05) is 0 Å². The number of ketones is 1. The lowest BCUT2D eigenvalue weighted by molar-refractivity contribution is 0.0810. The van der Waals surface area contributed by atoms with Gasteiger partial charge in [0, 0.05) is 36.3 Å². The van der Waals surface area contributed by atoms with Crippen LogP contribution in [-0.4, -0.2) is 48.0 Å². The van der Waals surface area contributed by atoms with Crippen molar-refractivity contribution in [2.24, 2.45) is 5.92 Å². The topological polar surface area (TPSA) is 104 Å². The number of rotatable bonds is 6. The largest absolute Gasteiger partial charge is 0.493 e. The molecule has 1 saturated heterocycles. The molecule has 1 aliphatic rings. The Morgan fingerprint density at radius 2 is 2.00 bits per heavy atom. The molecule has 8 nitrogen and oxygen atoms in total. The number of Topliss-reactive ketones (excluding diaryl/α,β-unsaturated/α-hetero) is 1. The maximum atomic E-state index is 12.9. The van der Waals surface area contributed by atoms with Gasteiger partial charge >= 0.3 is 5.69 Å². The van der Waals surface area contributed by atoms with Crippen LogP contribution >= 0.6 is 0 Å². The molecule has 0 saturated carbocycles. The van der Waals surface area contributed by atoms with Crippen LogP contribution in [0.2, 0.25) is 0 Å². The zero-order valence-electron chi connectivity index (χ0n) is 15.4. The van der Waals surface area contributed by atoms with E-state index in [0.717, 1.165) is 19.4 Å². The van der Waals surface area contributed by atoms with E-state index in [1.165, 1.54) is 13.3 Å². The number of methoxy groups -OCH3 is 2. The molecule has 0 unspecified atom stereocenters. The van der Waals surface area contributed by atoms with Crippen LogP contribution in [0, 0.1) is 5.92 Å². The van der Waals surface area contributed by atoms with Crippen molar-refractivity contribution in [2.75, 3.05) is 27.3 Å². The molecule has 1 atom stereocenters. The highest BCUT2D eigenvalue weighted by molar-refractivity contribution is 5.98. The second-order valence-electron chi connectivity index (χ2n) is 6.61. The maximum Gasteiger partial charge on any atom is 0.325 e. The minimum atomic E-state index is -0.524. The van der Waals surface area contributed by atoms with Gasteiger partial charge in [0.1, 0.15) is 0 Å². The summed E-state index contributed by atoms with van der Waals surface area (Å²) in [6, 6.07) is 5.18. The van der Waals surface area contributed by atoms with Gasteiger partial charge in [-0.05, 0) is 37.6 Å². The number of H-pyrrole nitrogens is 2. The van der Waals surface area contributed by atoms with Crippen molar-refractivity contribution in [1.29, 1.82) is 0 Å². The summed E-state index contributed by atoms with van der Waals surface area (Å²) in [5.74, 6) is 1.00. The van der Waals surface area contributed by atoms with Gasteiger partial charge < -0.3 is 14.5 Å². The molecule has 144 valence electrons. The third kappa shape index (κ3) is 4.28. The molecule has 1 aromatic carbocycles. The molecule has 0 spiro atoms. The second kappa shape index (κ2) is 8.22. The van der Waals surface area contributed by atoms with Crippen LogP contribution in [0.3, 0.4) is 0 Å². The van der Waals surface area contributed by atoms with E-state index < -0.39 is 11.2 Å². The first-order valence-electron chi connectivity index (χ1n) is 8.81. The van der Waals surface area contributed by atoms with Crippen LogP contribution in [0.25, 0.3) is 0 Å². The predicted octanol–water partition coefficient (Wildman–Crippen LogP) is 1.18. The van der Waals surface area contributed by atoms with Gasteiger partial charge in [0.2, 0.25) is 0 Å². The number of aromatic nitrogens is 2. The Balaban J connectivity index is 1.73. The van der Waals surface area contributed by atoms with Crippen molar-refractivity contribution in [2.45, 2.75) is 19.4 Å². The fourth-order valence-electron chi connectivity index (χ4n) is 3.43. The monoisotopic (exact) mass is 373 g/mol. The van der Waals surface area contributed by atoms with E-state index in [2.05, 4.69) is 14.9 Å². The lowest BCUT2D eigenvalue weighted by Crippen LogP contribution is -2.40. The Labute approximate surface area is 156 Å². The molecule has 2 N–H and O–H groups in total.